The molecule has 0 radical (unpaired) electrons. The Morgan fingerprint density at radius 2 is 2.32 bits per heavy atom. The molecule has 2 aromatic rings. The molecule has 1 aliphatic heterocycles. The number of carbonyl (C=O) groups is 2. The van der Waals surface area contributed by atoms with Crippen molar-refractivity contribution in [2.24, 2.45) is 0 Å². The maximum atomic E-state index is 12.4. The second-order valence-corrected chi connectivity index (χ2v) is 6.59. The molecule has 1 unspecified atom stereocenters. The molecule has 2 aromatic heterocycles. The molecule has 1 saturated heterocycles. The van der Waals surface area contributed by atoms with E-state index in [1.165, 1.54) is 11.3 Å². The molecule has 116 valence electrons. The van der Waals surface area contributed by atoms with Crippen LogP contribution in [-0.2, 0) is 16.1 Å². The molecule has 0 spiro atoms. The normalized spacial score (nSPS) is 18.0. The number of amides is 2. The number of furan rings is 1. The molecular formula is C15H17N3O3S. The van der Waals surface area contributed by atoms with Gasteiger partial charge in [-0.2, -0.15) is 0 Å². The maximum Gasteiger partial charge on any atom is 0.248 e. The van der Waals surface area contributed by atoms with Crippen LogP contribution in [0.1, 0.15) is 29.2 Å². The summed E-state index contributed by atoms with van der Waals surface area (Å²) in [5.41, 5.74) is 0. The highest BCUT2D eigenvalue weighted by Gasteiger charge is 2.36. The summed E-state index contributed by atoms with van der Waals surface area (Å²) in [5.74, 6) is 1.27. The molecule has 3 rings (SSSR count). The van der Waals surface area contributed by atoms with Crippen molar-refractivity contribution < 1.29 is 14.0 Å². The van der Waals surface area contributed by atoms with Gasteiger partial charge in [0.1, 0.15) is 17.6 Å². The third-order valence-electron chi connectivity index (χ3n) is 3.60. The lowest BCUT2D eigenvalue weighted by Gasteiger charge is -2.22. The molecule has 1 N–H and O–H groups in total. The van der Waals surface area contributed by atoms with Crippen molar-refractivity contribution in [1.29, 1.82) is 0 Å². The lowest BCUT2D eigenvalue weighted by Crippen LogP contribution is -2.41. The van der Waals surface area contributed by atoms with Gasteiger partial charge in [0.2, 0.25) is 11.8 Å². The van der Waals surface area contributed by atoms with E-state index in [-0.39, 0.29) is 11.8 Å². The van der Waals surface area contributed by atoms with Gasteiger partial charge in [-0.1, -0.05) is 0 Å². The Balaban J connectivity index is 1.70. The van der Waals surface area contributed by atoms with Gasteiger partial charge in [-0.15, -0.1) is 11.3 Å². The van der Waals surface area contributed by atoms with E-state index in [1.54, 1.807) is 11.1 Å². The zero-order chi connectivity index (χ0) is 15.7. The van der Waals surface area contributed by atoms with Crippen molar-refractivity contribution in [2.45, 2.75) is 39.3 Å². The Kier molecular flexibility index (Phi) is 3.98. The molecule has 3 heterocycles. The van der Waals surface area contributed by atoms with E-state index in [1.807, 2.05) is 26.0 Å². The van der Waals surface area contributed by atoms with Crippen LogP contribution in [0.25, 0.3) is 0 Å². The largest absolute Gasteiger partial charge is 0.464 e. The van der Waals surface area contributed by atoms with Crippen LogP contribution in [0.5, 0.6) is 0 Å². The van der Waals surface area contributed by atoms with E-state index in [4.69, 9.17) is 4.42 Å². The van der Waals surface area contributed by atoms with Crippen LogP contribution >= 0.6 is 11.3 Å². The van der Waals surface area contributed by atoms with E-state index in [0.29, 0.717) is 30.3 Å². The van der Waals surface area contributed by atoms with Gasteiger partial charge < -0.3 is 14.6 Å². The van der Waals surface area contributed by atoms with Crippen LogP contribution in [0.3, 0.4) is 0 Å². The average molecular weight is 319 g/mol. The molecule has 0 saturated carbocycles. The molecule has 0 bridgehead atoms. The second kappa shape index (κ2) is 5.92. The van der Waals surface area contributed by atoms with Crippen molar-refractivity contribution in [2.75, 3.05) is 5.32 Å². The molecule has 7 heteroatoms. The summed E-state index contributed by atoms with van der Waals surface area (Å²) in [4.78, 5) is 31.2. The second-order valence-electron chi connectivity index (χ2n) is 5.35. The molecule has 6 nitrogen and oxygen atoms in total. The Morgan fingerprint density at radius 1 is 1.50 bits per heavy atom. The number of anilines is 1. The summed E-state index contributed by atoms with van der Waals surface area (Å²) >= 11 is 1.42. The fourth-order valence-electron chi connectivity index (χ4n) is 2.54. The van der Waals surface area contributed by atoms with E-state index < -0.39 is 6.04 Å². The first kappa shape index (κ1) is 14.8. The summed E-state index contributed by atoms with van der Waals surface area (Å²) < 4.78 is 5.51. The minimum absolute atomic E-state index is 0.0236. The van der Waals surface area contributed by atoms with Gasteiger partial charge >= 0.3 is 0 Å². The van der Waals surface area contributed by atoms with Gasteiger partial charge in [0, 0.05) is 17.5 Å². The molecular weight excluding hydrogens is 302 g/mol. The fourth-order valence-corrected chi connectivity index (χ4v) is 3.21. The van der Waals surface area contributed by atoms with Crippen LogP contribution in [-0.4, -0.2) is 27.7 Å². The monoisotopic (exact) mass is 319 g/mol. The standard InChI is InChI=1S/C15H17N3O3S/c1-9-3-4-11(21-9)8-18-12(5-6-13(18)19)14(20)17-15-16-7-10(2)22-15/h3-4,7,12H,5-6,8H2,1-2H3,(H,16,17,20). The van der Waals surface area contributed by atoms with Crippen molar-refractivity contribution >= 4 is 28.3 Å². The zero-order valence-electron chi connectivity index (χ0n) is 12.5. The van der Waals surface area contributed by atoms with Crippen LogP contribution in [0.15, 0.2) is 22.7 Å². The lowest BCUT2D eigenvalue weighted by atomic mass is 10.2. The number of hydrogen-bond acceptors (Lipinski definition) is 5. The summed E-state index contributed by atoms with van der Waals surface area (Å²) in [6.45, 7) is 4.10. The number of aromatic nitrogens is 1. The van der Waals surface area contributed by atoms with Crippen LogP contribution in [0, 0.1) is 13.8 Å². The zero-order valence-corrected chi connectivity index (χ0v) is 13.3. The van der Waals surface area contributed by atoms with E-state index >= 15 is 0 Å². The van der Waals surface area contributed by atoms with E-state index in [0.717, 1.165) is 10.6 Å². The van der Waals surface area contributed by atoms with Gasteiger partial charge in [-0.3, -0.25) is 9.59 Å². The number of hydrogen-bond donors (Lipinski definition) is 1. The third kappa shape index (κ3) is 3.04. The predicted molar refractivity (Wildman–Crippen MR) is 82.5 cm³/mol. The number of carbonyl (C=O) groups excluding carboxylic acids is 2. The first-order valence-corrected chi connectivity index (χ1v) is 7.92. The third-order valence-corrected chi connectivity index (χ3v) is 4.43. The first-order chi connectivity index (χ1) is 10.5. The molecule has 2 amide bonds. The summed E-state index contributed by atoms with van der Waals surface area (Å²) in [6, 6.07) is 3.21. The smallest absolute Gasteiger partial charge is 0.248 e. The van der Waals surface area contributed by atoms with Crippen molar-refractivity contribution in [3.63, 3.8) is 0 Å². The van der Waals surface area contributed by atoms with Crippen LogP contribution < -0.4 is 5.32 Å². The Bertz CT molecular complexity index is 706. The quantitative estimate of drug-likeness (QED) is 0.939. The highest BCUT2D eigenvalue weighted by atomic mass is 32.1. The van der Waals surface area contributed by atoms with Gasteiger partial charge in [0.15, 0.2) is 5.13 Å². The Hall–Kier alpha value is -2.15. The van der Waals surface area contributed by atoms with Gasteiger partial charge in [0.25, 0.3) is 0 Å². The van der Waals surface area contributed by atoms with Gasteiger partial charge in [-0.05, 0) is 32.4 Å². The molecule has 1 fully saturated rings. The molecule has 0 aliphatic carbocycles. The SMILES string of the molecule is Cc1ccc(CN2C(=O)CCC2C(=O)Nc2ncc(C)s2)o1. The molecule has 0 aromatic carbocycles. The Morgan fingerprint density at radius 3 is 2.95 bits per heavy atom. The summed E-state index contributed by atoms with van der Waals surface area (Å²) in [5, 5.41) is 3.36. The van der Waals surface area contributed by atoms with E-state index in [2.05, 4.69) is 10.3 Å². The minimum Gasteiger partial charge on any atom is -0.464 e. The molecule has 1 aliphatic rings. The number of aryl methyl sites for hydroxylation is 2. The molecule has 22 heavy (non-hydrogen) atoms. The number of likely N-dealkylation sites (tertiary alicyclic amines) is 1. The first-order valence-electron chi connectivity index (χ1n) is 7.11. The van der Waals surface area contributed by atoms with Crippen LogP contribution in [0.4, 0.5) is 5.13 Å². The summed E-state index contributed by atoms with van der Waals surface area (Å²) in [6.07, 6.45) is 2.62. The van der Waals surface area contributed by atoms with Crippen LogP contribution in [0.2, 0.25) is 0 Å². The van der Waals surface area contributed by atoms with Gasteiger partial charge in [0.05, 0.1) is 6.54 Å². The predicted octanol–water partition coefficient (Wildman–Crippen LogP) is 2.48. The maximum absolute atomic E-state index is 12.4. The number of rotatable bonds is 4. The fraction of sp³-hybridized carbons (Fsp3) is 0.400. The lowest BCUT2D eigenvalue weighted by molar-refractivity contribution is -0.134. The summed E-state index contributed by atoms with van der Waals surface area (Å²) in [7, 11) is 0. The number of thiazole rings is 1. The number of nitrogens with zero attached hydrogens (tertiary/aromatic N) is 2. The van der Waals surface area contributed by atoms with Crippen molar-refractivity contribution in [3.05, 3.63) is 34.7 Å². The van der Waals surface area contributed by atoms with Crippen molar-refractivity contribution in [1.82, 2.24) is 9.88 Å². The van der Waals surface area contributed by atoms with Crippen molar-refractivity contribution in [3.8, 4) is 0 Å². The highest BCUT2D eigenvalue weighted by molar-refractivity contribution is 7.15. The minimum atomic E-state index is -0.470. The molecule has 1 atom stereocenters. The van der Waals surface area contributed by atoms with Gasteiger partial charge in [-0.25, -0.2) is 4.98 Å². The topological polar surface area (TPSA) is 75.4 Å². The highest BCUT2D eigenvalue weighted by Crippen LogP contribution is 2.24. The average Bonchev–Trinajstić information content (AvgIpc) is 3.14. The Labute approximate surface area is 132 Å². The van der Waals surface area contributed by atoms with E-state index in [9.17, 15) is 9.59 Å². The number of nitrogens with one attached hydrogen (secondary N) is 1.